The number of halogens is 1. The lowest BCUT2D eigenvalue weighted by atomic mass is 9.95. The number of morpholine rings is 1. The molecule has 0 unspecified atom stereocenters. The molecule has 3 heterocycles. The van der Waals surface area contributed by atoms with E-state index in [0.717, 1.165) is 15.9 Å². The van der Waals surface area contributed by atoms with E-state index in [1.165, 1.54) is 6.20 Å². The van der Waals surface area contributed by atoms with Crippen LogP contribution in [0.3, 0.4) is 0 Å². The van der Waals surface area contributed by atoms with Gasteiger partial charge in [0.1, 0.15) is 0 Å². The number of fused-ring (bicyclic) bond motifs is 1. The normalized spacial score (nSPS) is 14.2. The molecule has 1 aliphatic heterocycles. The van der Waals surface area contributed by atoms with Gasteiger partial charge in [-0.15, -0.1) is 0 Å². The van der Waals surface area contributed by atoms with Crippen LogP contribution in [0.25, 0.3) is 33.4 Å². The summed E-state index contributed by atoms with van der Waals surface area (Å²) in [5, 5.41) is 18.0. The largest absolute Gasteiger partial charge is 0.618 e. The van der Waals surface area contributed by atoms with Crippen LogP contribution < -0.4 is 4.73 Å². The molecule has 8 heteroatoms. The van der Waals surface area contributed by atoms with Crippen LogP contribution in [0.15, 0.2) is 65.3 Å². The lowest BCUT2D eigenvalue weighted by molar-refractivity contribution is -0.576. The van der Waals surface area contributed by atoms with Crippen molar-refractivity contribution in [3.63, 3.8) is 0 Å². The van der Waals surface area contributed by atoms with Gasteiger partial charge in [0.2, 0.25) is 5.52 Å². The Morgan fingerprint density at radius 3 is 2.65 bits per heavy atom. The summed E-state index contributed by atoms with van der Waals surface area (Å²) in [6.07, 6.45) is 1.45. The van der Waals surface area contributed by atoms with E-state index in [1.807, 2.05) is 30.3 Å². The first kappa shape index (κ1) is 19.5. The zero-order valence-corrected chi connectivity index (χ0v) is 17.2. The van der Waals surface area contributed by atoms with Gasteiger partial charge in [-0.3, -0.25) is 4.79 Å². The van der Waals surface area contributed by atoms with Gasteiger partial charge < -0.3 is 19.4 Å². The zero-order valence-electron chi connectivity index (χ0n) is 16.5. The molecule has 0 saturated carbocycles. The highest BCUT2D eigenvalue weighted by Gasteiger charge is 2.25. The van der Waals surface area contributed by atoms with Crippen LogP contribution in [-0.2, 0) is 4.74 Å². The van der Waals surface area contributed by atoms with Crippen LogP contribution in [-0.4, -0.2) is 42.3 Å². The third-order valence-electron chi connectivity index (χ3n) is 5.34. The molecule has 1 fully saturated rings. The maximum absolute atomic E-state index is 12.8. The van der Waals surface area contributed by atoms with Gasteiger partial charge in [-0.2, -0.15) is 4.73 Å². The quantitative estimate of drug-likeness (QED) is 0.360. The van der Waals surface area contributed by atoms with Gasteiger partial charge in [0.05, 0.1) is 24.2 Å². The Morgan fingerprint density at radius 2 is 1.87 bits per heavy atom. The van der Waals surface area contributed by atoms with E-state index in [2.05, 4.69) is 5.16 Å². The van der Waals surface area contributed by atoms with Crippen molar-refractivity contribution in [3.8, 4) is 22.5 Å². The van der Waals surface area contributed by atoms with Crippen molar-refractivity contribution in [2.75, 3.05) is 26.3 Å². The Kier molecular flexibility index (Phi) is 5.05. The average molecular weight is 436 g/mol. The SMILES string of the molecule is O=C(c1cc(-c2c[n+]([O-])c3ccc(Cl)cc3c2-c2ccccc2)on1)N1CCOCC1. The average Bonchev–Trinajstić information content (AvgIpc) is 3.29. The first-order valence-electron chi connectivity index (χ1n) is 9.87. The lowest BCUT2D eigenvalue weighted by Gasteiger charge is -2.25. The minimum Gasteiger partial charge on any atom is -0.618 e. The molecule has 0 bridgehead atoms. The molecule has 1 amide bonds. The summed E-state index contributed by atoms with van der Waals surface area (Å²) in [6, 6.07) is 16.4. The van der Waals surface area contributed by atoms with E-state index in [9.17, 15) is 10.0 Å². The van der Waals surface area contributed by atoms with Crippen molar-refractivity contribution in [2.45, 2.75) is 0 Å². The molecule has 1 aliphatic rings. The molecule has 31 heavy (non-hydrogen) atoms. The van der Waals surface area contributed by atoms with Crippen molar-refractivity contribution in [1.82, 2.24) is 10.1 Å². The summed E-state index contributed by atoms with van der Waals surface area (Å²) < 4.78 is 11.6. The van der Waals surface area contributed by atoms with Crippen LogP contribution in [0.1, 0.15) is 10.5 Å². The monoisotopic (exact) mass is 435 g/mol. The maximum atomic E-state index is 12.8. The van der Waals surface area contributed by atoms with E-state index in [1.54, 1.807) is 29.2 Å². The highest BCUT2D eigenvalue weighted by molar-refractivity contribution is 6.31. The Bertz CT molecular complexity index is 1270. The van der Waals surface area contributed by atoms with E-state index in [4.69, 9.17) is 20.9 Å². The Labute approximate surface area is 183 Å². The van der Waals surface area contributed by atoms with Gasteiger partial charge in [-0.05, 0) is 17.7 Å². The summed E-state index contributed by atoms with van der Waals surface area (Å²) in [4.78, 5) is 14.5. The van der Waals surface area contributed by atoms with Gasteiger partial charge in [-0.1, -0.05) is 47.1 Å². The minimum absolute atomic E-state index is 0.194. The molecule has 0 atom stereocenters. The number of carbonyl (C=O) groups excluding carboxylic acids is 1. The smallest absolute Gasteiger partial charge is 0.276 e. The fourth-order valence-corrected chi connectivity index (χ4v) is 4.00. The maximum Gasteiger partial charge on any atom is 0.276 e. The molecule has 1 saturated heterocycles. The summed E-state index contributed by atoms with van der Waals surface area (Å²) >= 11 is 6.25. The van der Waals surface area contributed by atoms with Crippen molar-refractivity contribution in [1.29, 1.82) is 0 Å². The predicted molar refractivity (Wildman–Crippen MR) is 116 cm³/mol. The summed E-state index contributed by atoms with van der Waals surface area (Å²) in [5.74, 6) is 0.111. The topological polar surface area (TPSA) is 82.5 Å². The molecule has 7 nitrogen and oxygen atoms in total. The zero-order chi connectivity index (χ0) is 21.4. The second-order valence-corrected chi connectivity index (χ2v) is 7.69. The second kappa shape index (κ2) is 8.02. The molecule has 0 radical (unpaired) electrons. The van der Waals surface area contributed by atoms with Crippen molar-refractivity contribution in [2.24, 2.45) is 0 Å². The number of pyridine rings is 1. The molecule has 0 spiro atoms. The van der Waals surface area contributed by atoms with Crippen LogP contribution >= 0.6 is 11.6 Å². The van der Waals surface area contributed by atoms with Crippen LogP contribution in [0.4, 0.5) is 0 Å². The first-order valence-corrected chi connectivity index (χ1v) is 10.2. The van der Waals surface area contributed by atoms with E-state index >= 15 is 0 Å². The molecular formula is C23H18ClN3O4. The minimum atomic E-state index is -0.224. The summed E-state index contributed by atoms with van der Waals surface area (Å²) in [7, 11) is 0. The highest BCUT2D eigenvalue weighted by Crippen LogP contribution is 2.37. The van der Waals surface area contributed by atoms with Gasteiger partial charge >= 0.3 is 0 Å². The van der Waals surface area contributed by atoms with Crippen LogP contribution in [0.5, 0.6) is 0 Å². The molecular weight excluding hydrogens is 418 g/mol. The number of aromatic nitrogens is 2. The number of carbonyl (C=O) groups is 1. The summed E-state index contributed by atoms with van der Waals surface area (Å²) in [6.45, 7) is 2.00. The number of hydrogen-bond acceptors (Lipinski definition) is 5. The number of amides is 1. The van der Waals surface area contributed by atoms with E-state index in [-0.39, 0.29) is 11.6 Å². The molecule has 156 valence electrons. The molecule has 5 rings (SSSR count). The van der Waals surface area contributed by atoms with E-state index < -0.39 is 0 Å². The third-order valence-corrected chi connectivity index (χ3v) is 5.57. The number of hydrogen-bond donors (Lipinski definition) is 0. The van der Waals surface area contributed by atoms with E-state index in [0.29, 0.717) is 53.6 Å². The van der Waals surface area contributed by atoms with Gasteiger partial charge in [0, 0.05) is 35.8 Å². The van der Waals surface area contributed by atoms with Gasteiger partial charge in [-0.25, -0.2) is 0 Å². The fourth-order valence-electron chi connectivity index (χ4n) is 3.83. The molecule has 2 aromatic carbocycles. The molecule has 0 N–H and O–H groups in total. The fraction of sp³-hybridized carbons (Fsp3) is 0.174. The second-order valence-electron chi connectivity index (χ2n) is 7.25. The molecule has 4 aromatic rings. The highest BCUT2D eigenvalue weighted by atomic mass is 35.5. The standard InChI is InChI=1S/C23H18ClN3O4/c24-16-6-7-20-17(12-16)22(15-4-2-1-3-5-15)18(14-27(20)29)21-13-19(25-31-21)23(28)26-8-10-30-11-9-26/h1-7,12-14H,8-11H2. The molecule has 0 aliphatic carbocycles. The predicted octanol–water partition coefficient (Wildman–Crippen LogP) is 3.92. The van der Waals surface area contributed by atoms with Crippen molar-refractivity contribution in [3.05, 3.63) is 76.7 Å². The van der Waals surface area contributed by atoms with Crippen molar-refractivity contribution >= 4 is 28.4 Å². The number of rotatable bonds is 3. The Balaban J connectivity index is 1.67. The molecule has 2 aromatic heterocycles. The third kappa shape index (κ3) is 3.62. The Hall–Kier alpha value is -3.42. The first-order chi connectivity index (χ1) is 15.1. The summed E-state index contributed by atoms with van der Waals surface area (Å²) in [5.41, 5.74) is 2.88. The number of ether oxygens (including phenoxy) is 1. The lowest BCUT2D eigenvalue weighted by Crippen LogP contribution is -2.40. The van der Waals surface area contributed by atoms with Crippen LogP contribution in [0, 0.1) is 5.21 Å². The van der Waals surface area contributed by atoms with Crippen molar-refractivity contribution < 1.29 is 18.8 Å². The van der Waals surface area contributed by atoms with Gasteiger partial charge in [0.25, 0.3) is 5.91 Å². The van der Waals surface area contributed by atoms with Crippen LogP contribution in [0.2, 0.25) is 5.02 Å². The number of nitrogens with zero attached hydrogens (tertiary/aromatic N) is 3. The number of benzene rings is 2. The van der Waals surface area contributed by atoms with Gasteiger partial charge in [0.15, 0.2) is 17.7 Å². The Morgan fingerprint density at radius 1 is 1.10 bits per heavy atom.